The van der Waals surface area contributed by atoms with Gasteiger partial charge in [-0.15, -0.1) is 0 Å². The zero-order valence-corrected chi connectivity index (χ0v) is 7.60. The van der Waals surface area contributed by atoms with E-state index in [9.17, 15) is 4.79 Å². The molecule has 1 saturated heterocycles. The van der Waals surface area contributed by atoms with E-state index in [1.165, 1.54) is 32.4 Å². The van der Waals surface area contributed by atoms with E-state index in [-0.39, 0.29) is 0 Å². The summed E-state index contributed by atoms with van der Waals surface area (Å²) < 4.78 is 0.981. The van der Waals surface area contributed by atoms with Crippen molar-refractivity contribution in [2.24, 2.45) is 0 Å². The second-order valence-corrected chi connectivity index (χ2v) is 3.99. The summed E-state index contributed by atoms with van der Waals surface area (Å²) in [5.74, 6) is 0.328. The molecule has 0 radical (unpaired) electrons. The zero-order valence-electron chi connectivity index (χ0n) is 7.60. The normalized spacial score (nSPS) is 23.1. The first-order chi connectivity index (χ1) is 5.12. The van der Waals surface area contributed by atoms with Crippen LogP contribution in [0.25, 0.3) is 0 Å². The molecule has 1 rings (SSSR count). The molecule has 0 unspecified atom stereocenters. The maximum absolute atomic E-state index is 10.9. The summed E-state index contributed by atoms with van der Waals surface area (Å²) in [5, 5.41) is 0. The first-order valence-corrected chi connectivity index (χ1v) is 4.45. The van der Waals surface area contributed by atoms with Gasteiger partial charge in [0.15, 0.2) is 5.78 Å². The summed E-state index contributed by atoms with van der Waals surface area (Å²) in [7, 11) is 2.19. The molecule has 0 saturated carbocycles. The van der Waals surface area contributed by atoms with Crippen LogP contribution < -0.4 is 0 Å². The van der Waals surface area contributed by atoms with Gasteiger partial charge in [-0.25, -0.2) is 0 Å². The fraction of sp³-hybridized carbons (Fsp3) is 0.889. The molecule has 11 heavy (non-hydrogen) atoms. The summed E-state index contributed by atoms with van der Waals surface area (Å²) in [4.78, 5) is 10.9. The summed E-state index contributed by atoms with van der Waals surface area (Å²) >= 11 is 0. The Labute approximate surface area is 68.8 Å². The van der Waals surface area contributed by atoms with Gasteiger partial charge in [0.05, 0.1) is 20.1 Å². The number of rotatable bonds is 2. The highest BCUT2D eigenvalue weighted by molar-refractivity contribution is 5.76. The number of carbonyl (C=O) groups is 1. The van der Waals surface area contributed by atoms with Gasteiger partial charge in [0, 0.05) is 6.92 Å². The van der Waals surface area contributed by atoms with Crippen molar-refractivity contribution >= 4 is 5.78 Å². The molecule has 0 aromatic heterocycles. The molecular weight excluding hydrogens is 138 g/mol. The Kier molecular flexibility index (Phi) is 2.66. The third-order valence-electron chi connectivity index (χ3n) is 2.50. The van der Waals surface area contributed by atoms with Crippen LogP contribution in [0.4, 0.5) is 0 Å². The van der Waals surface area contributed by atoms with E-state index in [1.807, 2.05) is 0 Å². The van der Waals surface area contributed by atoms with Crippen LogP contribution in [-0.2, 0) is 4.79 Å². The molecule has 0 atom stereocenters. The number of ketones is 1. The van der Waals surface area contributed by atoms with Gasteiger partial charge < -0.3 is 4.48 Å². The molecule has 2 heteroatoms. The lowest BCUT2D eigenvalue weighted by Crippen LogP contribution is -2.50. The van der Waals surface area contributed by atoms with Crippen LogP contribution in [0.2, 0.25) is 0 Å². The highest BCUT2D eigenvalue weighted by Gasteiger charge is 2.25. The van der Waals surface area contributed by atoms with E-state index in [1.54, 1.807) is 6.92 Å². The average Bonchev–Trinajstić information content (AvgIpc) is 1.85. The smallest absolute Gasteiger partial charge is 0.183 e. The second-order valence-electron chi connectivity index (χ2n) is 3.99. The van der Waals surface area contributed by atoms with E-state index < -0.39 is 0 Å². The van der Waals surface area contributed by atoms with Crippen LogP contribution in [-0.4, -0.2) is 36.9 Å². The van der Waals surface area contributed by atoms with Gasteiger partial charge in [-0.1, -0.05) is 0 Å². The van der Waals surface area contributed by atoms with Crippen molar-refractivity contribution in [2.45, 2.75) is 26.2 Å². The topological polar surface area (TPSA) is 17.1 Å². The Morgan fingerprint density at radius 1 is 1.27 bits per heavy atom. The molecule has 0 bridgehead atoms. The summed E-state index contributed by atoms with van der Waals surface area (Å²) in [6.45, 7) is 4.82. The molecule has 64 valence electrons. The fourth-order valence-corrected chi connectivity index (χ4v) is 1.97. The highest BCUT2D eigenvalue weighted by atomic mass is 16.1. The number of likely N-dealkylation sites (tertiary alicyclic amines) is 1. The maximum atomic E-state index is 10.9. The number of hydrogen-bond acceptors (Lipinski definition) is 1. The minimum atomic E-state index is 0.328. The predicted molar refractivity (Wildman–Crippen MR) is 45.3 cm³/mol. The number of piperidine rings is 1. The second kappa shape index (κ2) is 3.35. The third kappa shape index (κ3) is 2.62. The Bertz CT molecular complexity index is 148. The Balaban J connectivity index is 2.43. The number of likely N-dealkylation sites (N-methyl/N-ethyl adjacent to an activating group) is 1. The van der Waals surface area contributed by atoms with E-state index in [2.05, 4.69) is 7.05 Å². The number of quaternary nitrogens is 1. The lowest BCUT2D eigenvalue weighted by atomic mass is 10.1. The predicted octanol–water partition coefficient (Wildman–Crippen LogP) is 1.21. The molecular formula is C9H18NO+. The molecule has 0 aromatic carbocycles. The standard InChI is InChI=1S/C9H18NO/c1-9(11)8-10(2)6-4-3-5-7-10/h3-8H2,1-2H3/q+1. The van der Waals surface area contributed by atoms with Crippen LogP contribution in [0.3, 0.4) is 0 Å². The molecule has 2 nitrogen and oxygen atoms in total. The van der Waals surface area contributed by atoms with Crippen molar-refractivity contribution in [3.8, 4) is 0 Å². The molecule has 0 amide bonds. The van der Waals surface area contributed by atoms with Crippen molar-refractivity contribution in [3.63, 3.8) is 0 Å². The lowest BCUT2D eigenvalue weighted by Gasteiger charge is -2.36. The zero-order chi connectivity index (χ0) is 8.32. The summed E-state index contributed by atoms with van der Waals surface area (Å²) in [5.41, 5.74) is 0. The van der Waals surface area contributed by atoms with Crippen molar-refractivity contribution in [3.05, 3.63) is 0 Å². The highest BCUT2D eigenvalue weighted by Crippen LogP contribution is 2.15. The summed E-state index contributed by atoms with van der Waals surface area (Å²) in [6, 6.07) is 0. The lowest BCUT2D eigenvalue weighted by molar-refractivity contribution is -0.906. The monoisotopic (exact) mass is 156 g/mol. The molecule has 0 N–H and O–H groups in total. The molecule has 1 heterocycles. The van der Waals surface area contributed by atoms with Gasteiger partial charge in [-0.05, 0) is 19.3 Å². The fourth-order valence-electron chi connectivity index (χ4n) is 1.97. The largest absolute Gasteiger partial charge is 0.320 e. The van der Waals surface area contributed by atoms with E-state index in [0.717, 1.165) is 11.0 Å². The van der Waals surface area contributed by atoms with E-state index >= 15 is 0 Å². The van der Waals surface area contributed by atoms with E-state index in [4.69, 9.17) is 0 Å². The maximum Gasteiger partial charge on any atom is 0.183 e. The van der Waals surface area contributed by atoms with E-state index in [0.29, 0.717) is 5.78 Å². The van der Waals surface area contributed by atoms with Crippen molar-refractivity contribution in [1.29, 1.82) is 0 Å². The quantitative estimate of drug-likeness (QED) is 0.549. The minimum absolute atomic E-state index is 0.328. The number of Topliss-reactive ketones (excluding diaryl/α,β-unsaturated/α-hetero) is 1. The van der Waals surface area contributed by atoms with Gasteiger partial charge in [-0.3, -0.25) is 4.79 Å². The average molecular weight is 156 g/mol. The van der Waals surface area contributed by atoms with Crippen molar-refractivity contribution < 1.29 is 9.28 Å². The van der Waals surface area contributed by atoms with Crippen LogP contribution in [0, 0.1) is 0 Å². The van der Waals surface area contributed by atoms with Gasteiger partial charge >= 0.3 is 0 Å². The van der Waals surface area contributed by atoms with Crippen molar-refractivity contribution in [2.75, 3.05) is 26.7 Å². The molecule has 1 aliphatic heterocycles. The van der Waals surface area contributed by atoms with Crippen LogP contribution >= 0.6 is 0 Å². The number of nitrogens with zero attached hydrogens (tertiary/aromatic N) is 1. The molecule has 0 aliphatic carbocycles. The minimum Gasteiger partial charge on any atom is -0.320 e. The Morgan fingerprint density at radius 2 is 1.82 bits per heavy atom. The van der Waals surface area contributed by atoms with Crippen LogP contribution in [0.15, 0.2) is 0 Å². The number of carbonyl (C=O) groups excluding carboxylic acids is 1. The van der Waals surface area contributed by atoms with Crippen LogP contribution in [0.1, 0.15) is 26.2 Å². The Hall–Kier alpha value is -0.370. The molecule has 0 spiro atoms. The molecule has 1 fully saturated rings. The van der Waals surface area contributed by atoms with Crippen LogP contribution in [0.5, 0.6) is 0 Å². The van der Waals surface area contributed by atoms with Crippen molar-refractivity contribution in [1.82, 2.24) is 0 Å². The summed E-state index contributed by atoms with van der Waals surface area (Å²) in [6.07, 6.45) is 3.94. The van der Waals surface area contributed by atoms with Gasteiger partial charge in [-0.2, -0.15) is 0 Å². The molecule has 0 aromatic rings. The van der Waals surface area contributed by atoms with Gasteiger partial charge in [0.2, 0.25) is 0 Å². The molecule has 1 aliphatic rings. The van der Waals surface area contributed by atoms with Gasteiger partial charge in [0.1, 0.15) is 6.54 Å². The number of hydrogen-bond donors (Lipinski definition) is 0. The third-order valence-corrected chi connectivity index (χ3v) is 2.50. The Morgan fingerprint density at radius 3 is 2.27 bits per heavy atom. The first kappa shape index (κ1) is 8.72. The SMILES string of the molecule is CC(=O)C[N+]1(C)CCCCC1. The van der Waals surface area contributed by atoms with Gasteiger partial charge in [0.25, 0.3) is 0 Å². The first-order valence-electron chi connectivity index (χ1n) is 4.45.